The second kappa shape index (κ2) is 5.50. The van der Waals surface area contributed by atoms with E-state index >= 15 is 0 Å². The monoisotopic (exact) mass is 279 g/mol. The zero-order chi connectivity index (χ0) is 14.0. The fraction of sp³-hybridized carbons (Fsp3) is 0.333. The van der Waals surface area contributed by atoms with Gasteiger partial charge in [0.25, 0.3) is 0 Å². The molecule has 0 bridgehead atoms. The molecule has 0 fully saturated rings. The van der Waals surface area contributed by atoms with Crippen molar-refractivity contribution in [3.05, 3.63) is 29.7 Å². The fourth-order valence-electron chi connectivity index (χ4n) is 1.66. The van der Waals surface area contributed by atoms with Gasteiger partial charge in [-0.3, -0.25) is 0 Å². The lowest BCUT2D eigenvalue weighted by Crippen LogP contribution is -2.22. The highest BCUT2D eigenvalue weighted by atomic mass is 32.2. The summed E-state index contributed by atoms with van der Waals surface area (Å²) in [5.74, 6) is 2.32. The number of nitrogen functional groups attached to an aromatic ring is 2. The number of furan rings is 1. The molecule has 102 valence electrons. The average Bonchev–Trinajstić information content (AvgIpc) is 2.70. The summed E-state index contributed by atoms with van der Waals surface area (Å²) in [7, 11) is 0. The maximum Gasteiger partial charge on any atom is 0.192 e. The molecule has 0 saturated carbocycles. The van der Waals surface area contributed by atoms with Gasteiger partial charge in [0, 0.05) is 12.1 Å². The van der Waals surface area contributed by atoms with Gasteiger partial charge < -0.3 is 21.6 Å². The van der Waals surface area contributed by atoms with Crippen molar-refractivity contribution in [3.63, 3.8) is 0 Å². The highest BCUT2D eigenvalue weighted by Crippen LogP contribution is 2.36. The van der Waals surface area contributed by atoms with Crippen LogP contribution >= 0.6 is 11.8 Å². The molecule has 0 aromatic carbocycles. The van der Waals surface area contributed by atoms with Crippen LogP contribution < -0.4 is 17.2 Å². The Labute approximate surface area is 115 Å². The van der Waals surface area contributed by atoms with Gasteiger partial charge in [0.05, 0.1) is 5.25 Å². The molecule has 19 heavy (non-hydrogen) atoms. The van der Waals surface area contributed by atoms with E-state index in [1.54, 1.807) is 0 Å². The third-order valence-electron chi connectivity index (χ3n) is 2.50. The van der Waals surface area contributed by atoms with Crippen LogP contribution in [0.3, 0.4) is 0 Å². The van der Waals surface area contributed by atoms with Gasteiger partial charge in [-0.05, 0) is 26.0 Å². The molecule has 0 spiro atoms. The lowest BCUT2D eigenvalue weighted by Gasteiger charge is -2.17. The molecule has 0 aliphatic carbocycles. The standard InChI is InChI=1S/C12H17N5OS/c1-6-3-4-8(18-6)11(7(2)13)19-12-16-9(14)5-10(15)17-12/h3-5,7,11H,13H2,1-2H3,(H4,14,15,16,17). The summed E-state index contributed by atoms with van der Waals surface area (Å²) < 4.78 is 5.62. The third-order valence-corrected chi connectivity index (χ3v) is 3.81. The number of aromatic nitrogens is 2. The Kier molecular flexibility index (Phi) is 3.96. The van der Waals surface area contributed by atoms with Crippen LogP contribution in [0.2, 0.25) is 0 Å². The second-order valence-electron chi connectivity index (χ2n) is 4.35. The molecule has 2 unspecified atom stereocenters. The van der Waals surface area contributed by atoms with E-state index in [2.05, 4.69) is 9.97 Å². The quantitative estimate of drug-likeness (QED) is 0.576. The van der Waals surface area contributed by atoms with Crippen molar-refractivity contribution in [2.45, 2.75) is 30.3 Å². The molecule has 0 amide bonds. The van der Waals surface area contributed by atoms with E-state index in [9.17, 15) is 0 Å². The summed E-state index contributed by atoms with van der Waals surface area (Å²) in [5.41, 5.74) is 17.3. The summed E-state index contributed by atoms with van der Waals surface area (Å²) in [4.78, 5) is 8.28. The molecule has 2 heterocycles. The number of thioether (sulfide) groups is 1. The van der Waals surface area contributed by atoms with Crippen LogP contribution in [0.25, 0.3) is 0 Å². The van der Waals surface area contributed by atoms with E-state index in [1.807, 2.05) is 26.0 Å². The molecule has 0 saturated heterocycles. The highest BCUT2D eigenvalue weighted by Gasteiger charge is 2.22. The van der Waals surface area contributed by atoms with Gasteiger partial charge in [0.1, 0.15) is 23.2 Å². The minimum Gasteiger partial charge on any atom is -0.465 e. The fourth-order valence-corrected chi connectivity index (χ4v) is 2.66. The Hall–Kier alpha value is -1.73. The summed E-state index contributed by atoms with van der Waals surface area (Å²) in [5, 5.41) is 0.406. The number of hydrogen-bond donors (Lipinski definition) is 3. The minimum atomic E-state index is -0.123. The van der Waals surface area contributed by atoms with Crippen LogP contribution in [0.4, 0.5) is 11.6 Å². The zero-order valence-corrected chi connectivity index (χ0v) is 11.6. The molecule has 6 N–H and O–H groups in total. The number of anilines is 2. The SMILES string of the molecule is Cc1ccc(C(Sc2nc(N)cc(N)n2)C(C)N)o1. The number of nitrogens with two attached hydrogens (primary N) is 3. The van der Waals surface area contributed by atoms with Gasteiger partial charge in [-0.1, -0.05) is 11.8 Å². The van der Waals surface area contributed by atoms with Crippen LogP contribution in [0, 0.1) is 6.92 Å². The van der Waals surface area contributed by atoms with Gasteiger partial charge in [0.2, 0.25) is 0 Å². The normalized spacial score (nSPS) is 14.3. The van der Waals surface area contributed by atoms with E-state index in [1.165, 1.54) is 17.8 Å². The van der Waals surface area contributed by atoms with Crippen LogP contribution in [-0.4, -0.2) is 16.0 Å². The lowest BCUT2D eigenvalue weighted by atomic mass is 10.2. The first-order valence-electron chi connectivity index (χ1n) is 5.84. The Balaban J connectivity index is 2.26. The number of rotatable bonds is 4. The minimum absolute atomic E-state index is 0.0881. The zero-order valence-electron chi connectivity index (χ0n) is 10.8. The van der Waals surface area contributed by atoms with Gasteiger partial charge in [-0.15, -0.1) is 0 Å². The van der Waals surface area contributed by atoms with E-state index in [0.29, 0.717) is 16.8 Å². The molecule has 0 aliphatic rings. The van der Waals surface area contributed by atoms with Crippen molar-refractivity contribution in [2.75, 3.05) is 11.5 Å². The van der Waals surface area contributed by atoms with Gasteiger partial charge in [-0.25, -0.2) is 9.97 Å². The number of aryl methyl sites for hydroxylation is 1. The van der Waals surface area contributed by atoms with Gasteiger partial charge >= 0.3 is 0 Å². The van der Waals surface area contributed by atoms with E-state index in [4.69, 9.17) is 21.6 Å². The highest BCUT2D eigenvalue weighted by molar-refractivity contribution is 7.99. The van der Waals surface area contributed by atoms with E-state index in [0.717, 1.165) is 11.5 Å². The molecule has 2 aromatic heterocycles. The second-order valence-corrected chi connectivity index (χ2v) is 5.45. The van der Waals surface area contributed by atoms with Crippen molar-refractivity contribution in [2.24, 2.45) is 5.73 Å². The van der Waals surface area contributed by atoms with Crippen LogP contribution in [-0.2, 0) is 0 Å². The molecule has 2 rings (SSSR count). The average molecular weight is 279 g/mol. The summed E-state index contributed by atoms with van der Waals surface area (Å²) in [6, 6.07) is 5.20. The molecule has 2 atom stereocenters. The van der Waals surface area contributed by atoms with Crippen molar-refractivity contribution in [1.82, 2.24) is 9.97 Å². The van der Waals surface area contributed by atoms with E-state index in [-0.39, 0.29) is 11.3 Å². The Morgan fingerprint density at radius 3 is 2.32 bits per heavy atom. The molecule has 0 aliphatic heterocycles. The molecular formula is C12H17N5OS. The van der Waals surface area contributed by atoms with Crippen molar-refractivity contribution in [3.8, 4) is 0 Å². The molecule has 2 aromatic rings. The first-order chi connectivity index (χ1) is 8.95. The Morgan fingerprint density at radius 1 is 1.21 bits per heavy atom. The largest absolute Gasteiger partial charge is 0.465 e. The van der Waals surface area contributed by atoms with E-state index < -0.39 is 0 Å². The smallest absolute Gasteiger partial charge is 0.192 e. The van der Waals surface area contributed by atoms with Crippen LogP contribution in [0.1, 0.15) is 23.7 Å². The van der Waals surface area contributed by atoms with Crippen molar-refractivity contribution in [1.29, 1.82) is 0 Å². The van der Waals surface area contributed by atoms with Crippen LogP contribution in [0.5, 0.6) is 0 Å². The lowest BCUT2D eigenvalue weighted by molar-refractivity contribution is 0.464. The maximum absolute atomic E-state index is 6.00. The van der Waals surface area contributed by atoms with Crippen molar-refractivity contribution < 1.29 is 4.42 Å². The number of nitrogens with zero attached hydrogens (tertiary/aromatic N) is 2. The van der Waals surface area contributed by atoms with Gasteiger partial charge in [-0.2, -0.15) is 0 Å². The van der Waals surface area contributed by atoms with Crippen LogP contribution in [0.15, 0.2) is 27.8 Å². The molecule has 0 radical (unpaired) electrons. The number of hydrogen-bond acceptors (Lipinski definition) is 7. The first-order valence-corrected chi connectivity index (χ1v) is 6.72. The molecular weight excluding hydrogens is 262 g/mol. The van der Waals surface area contributed by atoms with Crippen molar-refractivity contribution >= 4 is 23.4 Å². The Bertz CT molecular complexity index is 549. The van der Waals surface area contributed by atoms with Gasteiger partial charge in [0.15, 0.2) is 5.16 Å². The predicted molar refractivity (Wildman–Crippen MR) is 76.5 cm³/mol. The third kappa shape index (κ3) is 3.39. The Morgan fingerprint density at radius 2 is 1.84 bits per heavy atom. The summed E-state index contributed by atoms with van der Waals surface area (Å²) in [6.07, 6.45) is 0. The summed E-state index contributed by atoms with van der Waals surface area (Å²) in [6.45, 7) is 3.80. The topological polar surface area (TPSA) is 117 Å². The molecule has 6 nitrogen and oxygen atoms in total. The predicted octanol–water partition coefficient (Wildman–Crippen LogP) is 1.72. The molecule has 7 heteroatoms. The maximum atomic E-state index is 6.00. The first kappa shape index (κ1) is 13.7. The summed E-state index contributed by atoms with van der Waals surface area (Å²) >= 11 is 1.39.